The lowest BCUT2D eigenvalue weighted by atomic mass is 10.1. The van der Waals surface area contributed by atoms with Crippen LogP contribution in [0, 0.1) is 5.92 Å². The molecule has 2 rings (SSSR count). The number of nitrogens with zero attached hydrogens (tertiary/aromatic N) is 3. The van der Waals surface area contributed by atoms with E-state index in [1.807, 2.05) is 18.2 Å². The molecule has 124 valence electrons. The van der Waals surface area contributed by atoms with Crippen LogP contribution >= 0.6 is 0 Å². The van der Waals surface area contributed by atoms with Gasteiger partial charge in [0.15, 0.2) is 5.82 Å². The van der Waals surface area contributed by atoms with Gasteiger partial charge in [0.05, 0.1) is 13.3 Å². The third-order valence-corrected chi connectivity index (χ3v) is 3.46. The maximum absolute atomic E-state index is 5.35. The van der Waals surface area contributed by atoms with E-state index >= 15 is 0 Å². The molecular weight excluding hydrogens is 290 g/mol. The van der Waals surface area contributed by atoms with Gasteiger partial charge in [0.2, 0.25) is 5.95 Å². The fourth-order valence-corrected chi connectivity index (χ4v) is 2.17. The maximum atomic E-state index is 5.35. The van der Waals surface area contributed by atoms with Gasteiger partial charge in [-0.1, -0.05) is 32.0 Å². The van der Waals surface area contributed by atoms with E-state index in [4.69, 9.17) is 4.74 Å². The molecule has 0 saturated heterocycles. The van der Waals surface area contributed by atoms with Crippen molar-refractivity contribution in [3.05, 3.63) is 36.0 Å². The molecule has 0 unspecified atom stereocenters. The molecule has 1 aromatic carbocycles. The van der Waals surface area contributed by atoms with Crippen LogP contribution in [0.1, 0.15) is 25.8 Å². The molecule has 23 heavy (non-hydrogen) atoms. The van der Waals surface area contributed by atoms with E-state index in [1.165, 1.54) is 5.56 Å². The molecule has 6 nitrogen and oxygen atoms in total. The summed E-state index contributed by atoms with van der Waals surface area (Å²) in [6.45, 7) is 5.99. The third kappa shape index (κ3) is 5.73. The van der Waals surface area contributed by atoms with E-state index in [0.717, 1.165) is 37.5 Å². The molecular formula is C17H25N5O. The standard InChI is InChI=1S/C17H25N5O/c1-13(2)8-10-19-17-21-16(12-20-22-17)18-11-9-14-6-4-5-7-15(14)23-3/h4-7,12-13H,8-11H2,1-3H3,(H2,18,19,21,22). The molecule has 1 heterocycles. The number of nitrogens with one attached hydrogen (secondary N) is 2. The van der Waals surface area contributed by atoms with Crippen molar-refractivity contribution < 1.29 is 4.74 Å². The summed E-state index contributed by atoms with van der Waals surface area (Å²) in [5.74, 6) is 2.85. The van der Waals surface area contributed by atoms with Crippen LogP contribution in [-0.2, 0) is 6.42 Å². The van der Waals surface area contributed by atoms with Crippen LogP contribution in [0.4, 0.5) is 11.8 Å². The zero-order valence-corrected chi connectivity index (χ0v) is 14.0. The Morgan fingerprint density at radius 3 is 2.74 bits per heavy atom. The summed E-state index contributed by atoms with van der Waals surface area (Å²) in [6, 6.07) is 8.02. The van der Waals surface area contributed by atoms with Crippen LogP contribution in [0.2, 0.25) is 0 Å². The van der Waals surface area contributed by atoms with E-state index in [0.29, 0.717) is 11.9 Å². The molecule has 0 spiro atoms. The van der Waals surface area contributed by atoms with Gasteiger partial charge in [0, 0.05) is 13.1 Å². The monoisotopic (exact) mass is 315 g/mol. The molecule has 2 N–H and O–H groups in total. The predicted octanol–water partition coefficient (Wildman–Crippen LogP) is 2.99. The highest BCUT2D eigenvalue weighted by Crippen LogP contribution is 2.17. The molecule has 0 aliphatic rings. The summed E-state index contributed by atoms with van der Waals surface area (Å²) in [4.78, 5) is 4.42. The minimum absolute atomic E-state index is 0.563. The fraction of sp³-hybridized carbons (Fsp3) is 0.471. The molecule has 2 aromatic rings. The largest absolute Gasteiger partial charge is 0.496 e. The van der Waals surface area contributed by atoms with Crippen molar-refractivity contribution in [2.75, 3.05) is 30.8 Å². The van der Waals surface area contributed by atoms with Gasteiger partial charge in [0.1, 0.15) is 5.75 Å². The van der Waals surface area contributed by atoms with Crippen molar-refractivity contribution in [1.82, 2.24) is 15.2 Å². The van der Waals surface area contributed by atoms with Gasteiger partial charge in [-0.3, -0.25) is 0 Å². The molecule has 0 radical (unpaired) electrons. The Balaban J connectivity index is 1.83. The first-order chi connectivity index (χ1) is 11.2. The molecule has 6 heteroatoms. The van der Waals surface area contributed by atoms with Crippen LogP contribution in [0.25, 0.3) is 0 Å². The van der Waals surface area contributed by atoms with Crippen LogP contribution in [0.15, 0.2) is 30.5 Å². The zero-order chi connectivity index (χ0) is 16.5. The third-order valence-electron chi connectivity index (χ3n) is 3.46. The quantitative estimate of drug-likeness (QED) is 0.741. The van der Waals surface area contributed by atoms with Gasteiger partial charge < -0.3 is 15.4 Å². The number of rotatable bonds is 9. The lowest BCUT2D eigenvalue weighted by Gasteiger charge is -2.10. The van der Waals surface area contributed by atoms with Crippen LogP contribution in [0.5, 0.6) is 5.75 Å². The number of hydrogen-bond acceptors (Lipinski definition) is 6. The molecule has 0 bridgehead atoms. The van der Waals surface area contributed by atoms with Gasteiger partial charge in [-0.2, -0.15) is 10.1 Å². The average Bonchev–Trinajstić information content (AvgIpc) is 2.55. The summed E-state index contributed by atoms with van der Waals surface area (Å²) < 4.78 is 5.35. The Morgan fingerprint density at radius 2 is 1.96 bits per heavy atom. The Morgan fingerprint density at radius 1 is 1.13 bits per heavy atom. The van der Waals surface area contributed by atoms with Crippen molar-refractivity contribution in [3.8, 4) is 5.75 Å². The van der Waals surface area contributed by atoms with E-state index in [2.05, 4.69) is 45.7 Å². The Labute approximate surface area is 137 Å². The van der Waals surface area contributed by atoms with E-state index in [-0.39, 0.29) is 0 Å². The topological polar surface area (TPSA) is 72.0 Å². The van der Waals surface area contributed by atoms with Crippen molar-refractivity contribution in [2.45, 2.75) is 26.7 Å². The number of benzene rings is 1. The summed E-state index contributed by atoms with van der Waals surface area (Å²) in [5, 5.41) is 14.5. The van der Waals surface area contributed by atoms with Gasteiger partial charge in [-0.05, 0) is 30.4 Å². The molecule has 0 aliphatic heterocycles. The second kappa shape index (κ2) is 8.92. The van der Waals surface area contributed by atoms with Crippen LogP contribution in [0.3, 0.4) is 0 Å². The molecule has 0 saturated carbocycles. The molecule has 0 fully saturated rings. The normalized spacial score (nSPS) is 10.6. The van der Waals surface area contributed by atoms with Crippen molar-refractivity contribution in [3.63, 3.8) is 0 Å². The first-order valence-electron chi connectivity index (χ1n) is 7.98. The number of ether oxygens (including phenoxy) is 1. The maximum Gasteiger partial charge on any atom is 0.244 e. The summed E-state index contributed by atoms with van der Waals surface area (Å²) in [5.41, 5.74) is 1.17. The number of hydrogen-bond donors (Lipinski definition) is 2. The van der Waals surface area contributed by atoms with Crippen molar-refractivity contribution in [2.24, 2.45) is 5.92 Å². The van der Waals surface area contributed by atoms with Crippen LogP contribution in [-0.4, -0.2) is 35.4 Å². The number of para-hydroxylation sites is 1. The second-order valence-corrected chi connectivity index (χ2v) is 5.76. The van der Waals surface area contributed by atoms with Crippen molar-refractivity contribution >= 4 is 11.8 Å². The van der Waals surface area contributed by atoms with Gasteiger partial charge in [0.25, 0.3) is 0 Å². The lowest BCUT2D eigenvalue weighted by Crippen LogP contribution is -2.12. The van der Waals surface area contributed by atoms with Crippen LogP contribution < -0.4 is 15.4 Å². The zero-order valence-electron chi connectivity index (χ0n) is 14.0. The molecule has 1 aromatic heterocycles. The number of anilines is 2. The van der Waals surface area contributed by atoms with Gasteiger partial charge in [-0.25, -0.2) is 0 Å². The highest BCUT2D eigenvalue weighted by Gasteiger charge is 2.03. The minimum atomic E-state index is 0.563. The van der Waals surface area contributed by atoms with Gasteiger partial charge in [-0.15, -0.1) is 5.10 Å². The fourth-order valence-electron chi connectivity index (χ4n) is 2.17. The highest BCUT2D eigenvalue weighted by atomic mass is 16.5. The summed E-state index contributed by atoms with van der Waals surface area (Å²) in [7, 11) is 1.69. The molecule has 0 amide bonds. The van der Waals surface area contributed by atoms with Gasteiger partial charge >= 0.3 is 0 Å². The summed E-state index contributed by atoms with van der Waals surface area (Å²) in [6.07, 6.45) is 3.56. The first kappa shape index (κ1) is 17.0. The van der Waals surface area contributed by atoms with E-state index in [1.54, 1.807) is 13.3 Å². The Hall–Kier alpha value is -2.37. The predicted molar refractivity (Wildman–Crippen MR) is 93.0 cm³/mol. The summed E-state index contributed by atoms with van der Waals surface area (Å²) >= 11 is 0. The van der Waals surface area contributed by atoms with E-state index in [9.17, 15) is 0 Å². The lowest BCUT2D eigenvalue weighted by molar-refractivity contribution is 0.410. The SMILES string of the molecule is COc1ccccc1CCNc1cnnc(NCCC(C)C)n1. The Bertz CT molecular complexity index is 603. The second-order valence-electron chi connectivity index (χ2n) is 5.76. The highest BCUT2D eigenvalue weighted by molar-refractivity contribution is 5.38. The number of aromatic nitrogens is 3. The van der Waals surface area contributed by atoms with E-state index < -0.39 is 0 Å². The Kier molecular flexibility index (Phi) is 6.59. The molecule has 0 aliphatic carbocycles. The minimum Gasteiger partial charge on any atom is -0.496 e. The van der Waals surface area contributed by atoms with Crippen molar-refractivity contribution in [1.29, 1.82) is 0 Å². The number of methoxy groups -OCH3 is 1. The average molecular weight is 315 g/mol. The molecule has 0 atom stereocenters. The first-order valence-corrected chi connectivity index (χ1v) is 7.98. The smallest absolute Gasteiger partial charge is 0.244 e.